The van der Waals surface area contributed by atoms with Crippen LogP contribution in [0.4, 0.5) is 18.9 Å². The summed E-state index contributed by atoms with van der Waals surface area (Å²) in [5.74, 6) is -0.144. The van der Waals surface area contributed by atoms with Crippen LogP contribution in [0.1, 0.15) is 27.2 Å². The number of halogens is 3. The molecule has 0 unspecified atom stereocenters. The number of alkyl halides is 3. The monoisotopic (exact) mass is 510 g/mol. The van der Waals surface area contributed by atoms with Crippen LogP contribution in [0.25, 0.3) is 16.3 Å². The third kappa shape index (κ3) is 4.75. The maximum Gasteiger partial charge on any atom is 0.416 e. The second kappa shape index (κ2) is 9.46. The van der Waals surface area contributed by atoms with E-state index in [-0.39, 0.29) is 5.91 Å². The van der Waals surface area contributed by atoms with Gasteiger partial charge >= 0.3 is 6.18 Å². The van der Waals surface area contributed by atoms with E-state index in [9.17, 15) is 18.0 Å². The van der Waals surface area contributed by atoms with Gasteiger partial charge in [-0.1, -0.05) is 29.8 Å². The predicted octanol–water partition coefficient (Wildman–Crippen LogP) is 6.20. The molecule has 5 rings (SSSR count). The van der Waals surface area contributed by atoms with Crippen molar-refractivity contribution in [2.75, 3.05) is 31.1 Å². The number of piperazine rings is 1. The van der Waals surface area contributed by atoms with Crippen molar-refractivity contribution in [2.24, 2.45) is 0 Å². The Morgan fingerprint density at radius 3 is 2.39 bits per heavy atom. The fourth-order valence-corrected chi connectivity index (χ4v) is 5.19. The zero-order valence-electron chi connectivity index (χ0n) is 19.9. The number of rotatable bonds is 4. The second-order valence-electron chi connectivity index (χ2n) is 8.92. The Morgan fingerprint density at radius 1 is 0.944 bits per heavy atom. The molecule has 0 bridgehead atoms. The van der Waals surface area contributed by atoms with Gasteiger partial charge in [-0.05, 0) is 61.2 Å². The number of amides is 1. The van der Waals surface area contributed by atoms with Gasteiger partial charge in [0.15, 0.2) is 0 Å². The number of aryl methyl sites for hydroxylation is 2. The molecule has 0 atom stereocenters. The molecular formula is C27H25F3N4OS. The highest BCUT2D eigenvalue weighted by Gasteiger charge is 2.32. The maximum absolute atomic E-state index is 13.7. The maximum atomic E-state index is 13.7. The van der Waals surface area contributed by atoms with Gasteiger partial charge in [-0.25, -0.2) is 4.68 Å². The molecule has 186 valence electrons. The highest BCUT2D eigenvalue weighted by atomic mass is 32.1. The Labute approximate surface area is 211 Å². The first kappa shape index (κ1) is 24.1. The number of carbonyl (C=O) groups excluding carboxylic acids is 1. The predicted molar refractivity (Wildman–Crippen MR) is 136 cm³/mol. The van der Waals surface area contributed by atoms with Gasteiger partial charge in [-0.2, -0.15) is 18.3 Å². The van der Waals surface area contributed by atoms with Crippen molar-refractivity contribution in [1.82, 2.24) is 14.7 Å². The van der Waals surface area contributed by atoms with Crippen LogP contribution >= 0.6 is 11.3 Å². The smallest absolute Gasteiger partial charge is 0.368 e. The first-order valence-corrected chi connectivity index (χ1v) is 12.5. The van der Waals surface area contributed by atoms with Crippen LogP contribution in [0.3, 0.4) is 0 Å². The number of hydrogen-bond acceptors (Lipinski definition) is 4. The average Bonchev–Trinajstić information content (AvgIpc) is 3.54. The lowest BCUT2D eigenvalue weighted by atomic mass is 10.1. The first-order chi connectivity index (χ1) is 17.2. The molecule has 5 nitrogen and oxygen atoms in total. The van der Waals surface area contributed by atoms with Crippen LogP contribution in [0, 0.1) is 13.8 Å². The molecule has 1 fully saturated rings. The van der Waals surface area contributed by atoms with Gasteiger partial charge in [-0.15, -0.1) is 11.3 Å². The van der Waals surface area contributed by atoms with Crippen LogP contribution in [0.5, 0.6) is 0 Å². The number of anilines is 1. The first-order valence-electron chi connectivity index (χ1n) is 11.6. The topological polar surface area (TPSA) is 41.4 Å². The van der Waals surface area contributed by atoms with Crippen molar-refractivity contribution in [3.8, 4) is 16.3 Å². The number of hydrogen-bond donors (Lipinski definition) is 0. The van der Waals surface area contributed by atoms with Gasteiger partial charge in [0.25, 0.3) is 5.91 Å². The van der Waals surface area contributed by atoms with Crippen molar-refractivity contribution in [3.63, 3.8) is 0 Å². The Kier molecular flexibility index (Phi) is 6.34. The SMILES string of the molecule is Cc1ccc(-n2nc(-c3cccs3)cc2C(=O)N2CCN(c3cccc(C(F)(F)F)c3)CC2)c(C)c1. The van der Waals surface area contributed by atoms with Crippen LogP contribution < -0.4 is 4.90 Å². The molecule has 36 heavy (non-hydrogen) atoms. The van der Waals surface area contributed by atoms with E-state index in [1.54, 1.807) is 27.0 Å². The molecular weight excluding hydrogens is 485 g/mol. The van der Waals surface area contributed by atoms with Crippen molar-refractivity contribution in [2.45, 2.75) is 20.0 Å². The van der Waals surface area contributed by atoms with E-state index in [1.807, 2.05) is 54.5 Å². The third-order valence-electron chi connectivity index (χ3n) is 6.39. The molecule has 0 aliphatic carbocycles. The van der Waals surface area contributed by atoms with Crippen molar-refractivity contribution >= 4 is 22.9 Å². The zero-order valence-corrected chi connectivity index (χ0v) is 20.7. The molecule has 0 saturated carbocycles. The van der Waals surface area contributed by atoms with Gasteiger partial charge in [0.1, 0.15) is 11.4 Å². The van der Waals surface area contributed by atoms with Crippen molar-refractivity contribution in [1.29, 1.82) is 0 Å². The molecule has 9 heteroatoms. The minimum Gasteiger partial charge on any atom is -0.368 e. The fraction of sp³-hybridized carbons (Fsp3) is 0.259. The normalized spacial score (nSPS) is 14.4. The Morgan fingerprint density at radius 2 is 1.72 bits per heavy atom. The molecule has 2 aromatic heterocycles. The van der Waals surface area contributed by atoms with Crippen LogP contribution in [-0.2, 0) is 6.18 Å². The van der Waals surface area contributed by atoms with Crippen molar-refractivity contribution < 1.29 is 18.0 Å². The number of carbonyl (C=O) groups is 1. The lowest BCUT2D eigenvalue weighted by molar-refractivity contribution is -0.137. The minimum atomic E-state index is -4.39. The number of aromatic nitrogens is 2. The molecule has 3 heterocycles. The number of thiophene rings is 1. The van der Waals surface area contributed by atoms with Gasteiger partial charge in [0.2, 0.25) is 0 Å². The fourth-order valence-electron chi connectivity index (χ4n) is 4.51. The van der Waals surface area contributed by atoms with Crippen LogP contribution in [0.15, 0.2) is 66.0 Å². The Bertz CT molecular complexity index is 1390. The second-order valence-corrected chi connectivity index (χ2v) is 9.87. The minimum absolute atomic E-state index is 0.144. The van der Waals surface area contributed by atoms with E-state index < -0.39 is 11.7 Å². The standard InChI is InChI=1S/C27H25F3N4OS/c1-18-8-9-23(19(2)15-18)34-24(17-22(31-34)25-7-4-14-36-25)26(35)33-12-10-32(11-13-33)21-6-3-5-20(16-21)27(28,29)30/h3-9,14-17H,10-13H2,1-2H3. The summed E-state index contributed by atoms with van der Waals surface area (Å²) in [7, 11) is 0. The summed E-state index contributed by atoms with van der Waals surface area (Å²) in [4.78, 5) is 18.3. The lowest BCUT2D eigenvalue weighted by Crippen LogP contribution is -2.49. The van der Waals surface area contributed by atoms with Gasteiger partial charge in [0, 0.05) is 31.9 Å². The molecule has 0 N–H and O–H groups in total. The molecule has 0 radical (unpaired) electrons. The van der Waals surface area contributed by atoms with Crippen LogP contribution in [0.2, 0.25) is 0 Å². The van der Waals surface area contributed by atoms with E-state index >= 15 is 0 Å². The Balaban J connectivity index is 1.40. The number of nitrogens with zero attached hydrogens (tertiary/aromatic N) is 4. The van der Waals surface area contributed by atoms with Gasteiger partial charge in [-0.3, -0.25) is 4.79 Å². The Hall–Kier alpha value is -3.59. The summed E-state index contributed by atoms with van der Waals surface area (Å²) in [5.41, 5.74) is 4.03. The summed E-state index contributed by atoms with van der Waals surface area (Å²) < 4.78 is 41.1. The number of benzene rings is 2. The van der Waals surface area contributed by atoms with E-state index in [1.165, 1.54) is 12.1 Å². The summed E-state index contributed by atoms with van der Waals surface area (Å²) >= 11 is 1.56. The highest BCUT2D eigenvalue weighted by Crippen LogP contribution is 2.32. The molecule has 2 aromatic carbocycles. The summed E-state index contributed by atoms with van der Waals surface area (Å²) in [5, 5.41) is 6.76. The van der Waals surface area contributed by atoms with Crippen LogP contribution in [-0.4, -0.2) is 46.8 Å². The lowest BCUT2D eigenvalue weighted by Gasteiger charge is -2.36. The molecule has 1 aliphatic heterocycles. The third-order valence-corrected chi connectivity index (χ3v) is 7.28. The van der Waals surface area contributed by atoms with Crippen molar-refractivity contribution in [3.05, 3.63) is 88.4 Å². The molecule has 0 spiro atoms. The summed E-state index contributed by atoms with van der Waals surface area (Å²) in [6.45, 7) is 5.72. The van der Waals surface area contributed by atoms with E-state index in [4.69, 9.17) is 5.10 Å². The van der Waals surface area contributed by atoms with E-state index in [0.29, 0.717) is 37.6 Å². The summed E-state index contributed by atoms with van der Waals surface area (Å²) in [6.07, 6.45) is -4.39. The summed E-state index contributed by atoms with van der Waals surface area (Å²) in [6, 6.07) is 17.1. The van der Waals surface area contributed by atoms with Gasteiger partial charge < -0.3 is 9.80 Å². The average molecular weight is 511 g/mol. The molecule has 1 saturated heterocycles. The molecule has 1 aliphatic rings. The van der Waals surface area contributed by atoms with Gasteiger partial charge in [0.05, 0.1) is 16.1 Å². The van der Waals surface area contributed by atoms with E-state index in [0.717, 1.165) is 33.5 Å². The van der Waals surface area contributed by atoms with E-state index in [2.05, 4.69) is 6.07 Å². The highest BCUT2D eigenvalue weighted by molar-refractivity contribution is 7.13. The largest absolute Gasteiger partial charge is 0.416 e. The molecule has 4 aromatic rings. The molecule has 1 amide bonds. The zero-order chi connectivity index (χ0) is 25.4. The quantitative estimate of drug-likeness (QED) is 0.328.